The van der Waals surface area contributed by atoms with E-state index in [1.54, 1.807) is 41.5 Å². The minimum Gasteiger partial charge on any atom is -0.466 e. The van der Waals surface area contributed by atoms with E-state index in [-0.39, 0.29) is 26.2 Å². The van der Waals surface area contributed by atoms with Crippen molar-refractivity contribution in [3.05, 3.63) is 0 Å². The summed E-state index contributed by atoms with van der Waals surface area (Å²) in [6, 6.07) is 0. The van der Waals surface area contributed by atoms with Crippen molar-refractivity contribution in [3.8, 4) is 0 Å². The van der Waals surface area contributed by atoms with Gasteiger partial charge in [0.05, 0.1) is 25.0 Å². The third-order valence-electron chi connectivity index (χ3n) is 3.74. The molecule has 1 radical (unpaired) electrons. The molecule has 1 aliphatic rings. The van der Waals surface area contributed by atoms with Gasteiger partial charge >= 0.3 is 20.1 Å². The number of amides is 1. The Morgan fingerprint density at radius 2 is 1.89 bits per heavy atom. The van der Waals surface area contributed by atoms with Gasteiger partial charge in [-0.15, -0.1) is 0 Å². The first-order valence-electron chi connectivity index (χ1n) is 9.00. The van der Waals surface area contributed by atoms with Crippen molar-refractivity contribution >= 4 is 26.0 Å². The summed E-state index contributed by atoms with van der Waals surface area (Å²) in [5, 5.41) is 2.57. The van der Waals surface area contributed by atoms with Crippen LogP contribution in [-0.4, -0.2) is 55.4 Å². The molecule has 1 saturated heterocycles. The van der Waals surface area contributed by atoms with Gasteiger partial charge in [-0.05, 0) is 27.7 Å². The Labute approximate surface area is 165 Å². The van der Waals surface area contributed by atoms with Gasteiger partial charge in [0, 0.05) is 12.0 Å². The number of hydrogen-bond acceptors (Lipinski definition) is 9. The molecular weight excluding hydrogens is 393 g/mol. The maximum absolute atomic E-state index is 12.5. The van der Waals surface area contributed by atoms with Gasteiger partial charge in [-0.1, -0.05) is 13.8 Å². The number of nitrogens with one attached hydrogen (secondary N) is 1. The lowest BCUT2D eigenvalue weighted by Gasteiger charge is -2.43. The average molecular weight is 424 g/mol. The summed E-state index contributed by atoms with van der Waals surface area (Å²) in [5.41, 5.74) is -1.49. The molecule has 2 atom stereocenters. The summed E-state index contributed by atoms with van der Waals surface area (Å²) in [7, 11) is -3.85. The van der Waals surface area contributed by atoms with Gasteiger partial charge < -0.3 is 19.7 Å². The molecular formula is C17H31NO9P. The highest BCUT2D eigenvalue weighted by molar-refractivity contribution is 7.55. The molecule has 11 heteroatoms. The van der Waals surface area contributed by atoms with Crippen LogP contribution in [0.15, 0.2) is 0 Å². The molecule has 1 aliphatic heterocycles. The first-order valence-corrected chi connectivity index (χ1v) is 10.5. The zero-order chi connectivity index (χ0) is 21.6. The molecule has 0 aliphatic carbocycles. The number of hydrogen-bond donors (Lipinski definition) is 2. The standard InChI is InChI=1S/C17H31NO9P/c1-7-23-12(19)8-9-18-14(20)13-17(5,6)10-25-28(22,27-13)26-11-24-15(21)16(2,3)4/h13,22H,7-11H2,1-6H3,(H,18,20)/t13-/m0/s1. The minimum atomic E-state index is -3.85. The number of carbonyl (C=O) groups is 3. The number of esters is 2. The van der Waals surface area contributed by atoms with Gasteiger partial charge in [-0.2, -0.15) is 0 Å². The molecule has 1 heterocycles. The van der Waals surface area contributed by atoms with E-state index < -0.39 is 49.7 Å². The van der Waals surface area contributed by atoms with Crippen LogP contribution < -0.4 is 5.32 Å². The maximum atomic E-state index is 12.5. The van der Waals surface area contributed by atoms with E-state index in [0.29, 0.717) is 0 Å². The molecule has 0 unspecified atom stereocenters. The van der Waals surface area contributed by atoms with Crippen LogP contribution in [-0.2, 0) is 37.4 Å². The Morgan fingerprint density at radius 1 is 1.25 bits per heavy atom. The van der Waals surface area contributed by atoms with Crippen LogP contribution in [0.2, 0.25) is 0 Å². The highest BCUT2D eigenvalue weighted by Crippen LogP contribution is 2.63. The molecule has 163 valence electrons. The second-order valence-electron chi connectivity index (χ2n) is 7.99. The van der Waals surface area contributed by atoms with Crippen LogP contribution in [0.5, 0.6) is 0 Å². The lowest BCUT2D eigenvalue weighted by atomic mass is 9.87. The van der Waals surface area contributed by atoms with Crippen LogP contribution in [0.4, 0.5) is 0 Å². The fourth-order valence-corrected chi connectivity index (χ4v) is 3.60. The first kappa shape index (κ1) is 24.7. The van der Waals surface area contributed by atoms with E-state index in [1.165, 1.54) is 0 Å². The predicted molar refractivity (Wildman–Crippen MR) is 99.5 cm³/mol. The van der Waals surface area contributed by atoms with Crippen LogP contribution in [0.1, 0.15) is 48.0 Å². The molecule has 28 heavy (non-hydrogen) atoms. The van der Waals surface area contributed by atoms with E-state index in [4.69, 9.17) is 23.0 Å². The topological polar surface area (TPSA) is 130 Å². The molecule has 10 nitrogen and oxygen atoms in total. The molecule has 0 bridgehead atoms. The molecule has 1 amide bonds. The van der Waals surface area contributed by atoms with Gasteiger partial charge in [0.1, 0.15) is 0 Å². The van der Waals surface area contributed by atoms with Gasteiger partial charge in [-0.25, -0.2) is 0 Å². The van der Waals surface area contributed by atoms with Crippen molar-refractivity contribution in [2.24, 2.45) is 10.8 Å². The molecule has 0 saturated carbocycles. The summed E-state index contributed by atoms with van der Waals surface area (Å²) >= 11 is 0. The number of carbonyl (C=O) groups excluding carboxylic acids is 3. The van der Waals surface area contributed by atoms with Crippen molar-refractivity contribution in [2.45, 2.75) is 54.1 Å². The van der Waals surface area contributed by atoms with Crippen molar-refractivity contribution < 1.29 is 42.3 Å². The summed E-state index contributed by atoms with van der Waals surface area (Å²) in [6.07, 6.45) is -1.07. The van der Waals surface area contributed by atoms with Crippen molar-refractivity contribution in [2.75, 3.05) is 26.6 Å². The monoisotopic (exact) mass is 424 g/mol. The summed E-state index contributed by atoms with van der Waals surface area (Å²) in [5.74, 6) is -1.47. The van der Waals surface area contributed by atoms with E-state index in [1.807, 2.05) is 0 Å². The lowest BCUT2D eigenvalue weighted by molar-refractivity contribution is -0.165. The highest BCUT2D eigenvalue weighted by atomic mass is 31.2. The molecule has 0 aromatic heterocycles. The summed E-state index contributed by atoms with van der Waals surface area (Å²) < 4.78 is 25.5. The van der Waals surface area contributed by atoms with Gasteiger partial charge in [0.25, 0.3) is 0 Å². The number of ether oxygens (including phenoxy) is 2. The second kappa shape index (κ2) is 9.93. The van der Waals surface area contributed by atoms with Crippen LogP contribution in [0.25, 0.3) is 0 Å². The zero-order valence-corrected chi connectivity index (χ0v) is 18.2. The van der Waals surface area contributed by atoms with E-state index in [9.17, 15) is 19.3 Å². The lowest BCUT2D eigenvalue weighted by Crippen LogP contribution is -2.50. The smallest absolute Gasteiger partial charge is 0.381 e. The predicted octanol–water partition coefficient (Wildman–Crippen LogP) is 1.73. The molecule has 2 N–H and O–H groups in total. The van der Waals surface area contributed by atoms with Gasteiger partial charge in [0.15, 0.2) is 6.10 Å². The van der Waals surface area contributed by atoms with Gasteiger partial charge in [0.2, 0.25) is 12.7 Å². The molecule has 0 aromatic rings. The Kier molecular flexibility index (Phi) is 8.77. The largest absolute Gasteiger partial charge is 0.466 e. The van der Waals surface area contributed by atoms with E-state index in [0.717, 1.165) is 0 Å². The van der Waals surface area contributed by atoms with Crippen LogP contribution >= 0.6 is 8.17 Å². The Morgan fingerprint density at radius 3 is 2.46 bits per heavy atom. The average Bonchev–Trinajstić information content (AvgIpc) is 2.56. The Bertz CT molecular complexity index is 575. The summed E-state index contributed by atoms with van der Waals surface area (Å²) in [6.45, 7) is 9.91. The molecule has 1 rings (SSSR count). The van der Waals surface area contributed by atoms with Crippen molar-refractivity contribution in [1.29, 1.82) is 0 Å². The van der Waals surface area contributed by atoms with Crippen molar-refractivity contribution in [1.82, 2.24) is 5.32 Å². The highest BCUT2D eigenvalue weighted by Gasteiger charge is 2.50. The third-order valence-corrected chi connectivity index (χ3v) is 5.10. The molecule has 0 spiro atoms. The van der Waals surface area contributed by atoms with Crippen molar-refractivity contribution in [3.63, 3.8) is 0 Å². The van der Waals surface area contributed by atoms with Crippen LogP contribution in [0, 0.1) is 10.8 Å². The fraction of sp³-hybridized carbons (Fsp3) is 0.824. The maximum Gasteiger partial charge on any atom is 0.381 e. The Hall–Kier alpha value is -1.32. The van der Waals surface area contributed by atoms with E-state index in [2.05, 4.69) is 5.32 Å². The number of rotatable bonds is 8. The SMILES string of the molecule is CCOC(=O)CCNC(=O)[C@@H]1O[P@@](O)(OCOC(=O)C(C)(C)C)OCC1(C)C. The second-order valence-corrected chi connectivity index (χ2v) is 9.66. The summed E-state index contributed by atoms with van der Waals surface area (Å²) in [4.78, 5) is 46.0. The normalized spacial score (nSPS) is 24.3. The quantitative estimate of drug-likeness (QED) is 0.340. The van der Waals surface area contributed by atoms with Gasteiger partial charge in [-0.3, -0.25) is 28.0 Å². The Balaban J connectivity index is 2.61. The third kappa shape index (κ3) is 7.60. The minimum absolute atomic E-state index is 0.0134. The van der Waals surface area contributed by atoms with E-state index >= 15 is 0 Å². The molecule has 0 aromatic carbocycles. The van der Waals surface area contributed by atoms with Crippen LogP contribution in [0.3, 0.4) is 0 Å². The zero-order valence-electron chi connectivity index (χ0n) is 17.3. The molecule has 1 fully saturated rings. The fourth-order valence-electron chi connectivity index (χ4n) is 2.08. The first-order chi connectivity index (χ1) is 12.8.